The van der Waals surface area contributed by atoms with Crippen LogP contribution in [0.3, 0.4) is 0 Å². The van der Waals surface area contributed by atoms with Gasteiger partial charge in [0.1, 0.15) is 12.3 Å². The molecule has 7 N–H and O–H groups in total. The Hall–Kier alpha value is -5.67. The minimum atomic E-state index is -0.802. The van der Waals surface area contributed by atoms with E-state index in [1.165, 1.54) is 13.5 Å². The number of urea groups is 1. The highest BCUT2D eigenvalue weighted by atomic mass is 16.2. The lowest BCUT2D eigenvalue weighted by atomic mass is 10.1. The third-order valence-electron chi connectivity index (χ3n) is 8.62. The van der Waals surface area contributed by atoms with Crippen molar-refractivity contribution in [2.45, 2.75) is 106 Å². The normalized spacial score (nSPS) is 11.5. The van der Waals surface area contributed by atoms with Gasteiger partial charge >= 0.3 is 6.03 Å². The minimum absolute atomic E-state index is 0.0409. The standard InChI is InChI=1S/C28H36N6O5.C12H18N2O.C3H8.C2H6.CH5N/c1-3-22(27(38)30-18-26(37)34-14-6-7-15-34)32-25(36)17-29-24(35)16-20-10-12-21(13-11-20)31-28(39)33-23-9-5-4-8-19(23)2;1-2-3-8-14(9-10-15)11-12-6-4-5-7-13-12;1-3-2;2*1-2/h4-5,8-13,22H,3,6-7,14-18H2,1-2H3,(H,29,35)(H,30,38)(H,32,36)(H2,31,33,39);4-7,10H,2-3,8-9,11H2,1H3;3H2,1-2H3;1-2H3;2H2,1H3. The number of rotatable bonds is 18. The van der Waals surface area contributed by atoms with Crippen LogP contribution in [0.25, 0.3) is 0 Å². The summed E-state index contributed by atoms with van der Waals surface area (Å²) in [4.78, 5) is 79.9. The number of nitrogens with one attached hydrogen (secondary N) is 5. The number of pyridine rings is 1. The molecule has 61 heavy (non-hydrogen) atoms. The number of aromatic nitrogens is 1. The van der Waals surface area contributed by atoms with Crippen LogP contribution < -0.4 is 32.3 Å². The van der Waals surface area contributed by atoms with Gasteiger partial charge in [-0.05, 0) is 87.7 Å². The van der Waals surface area contributed by atoms with E-state index in [-0.39, 0.29) is 37.4 Å². The van der Waals surface area contributed by atoms with Gasteiger partial charge in [-0.15, -0.1) is 0 Å². The van der Waals surface area contributed by atoms with Crippen LogP contribution >= 0.6 is 0 Å². The van der Waals surface area contributed by atoms with Crippen LogP contribution in [0, 0.1) is 6.92 Å². The molecular weight excluding hydrogens is 775 g/mol. The summed E-state index contributed by atoms with van der Waals surface area (Å²) in [7, 11) is 1.50. The van der Waals surface area contributed by atoms with Gasteiger partial charge in [0.05, 0.1) is 31.7 Å². The highest BCUT2D eigenvalue weighted by molar-refractivity contribution is 6.00. The van der Waals surface area contributed by atoms with E-state index in [2.05, 4.69) is 63.0 Å². The molecule has 1 aromatic heterocycles. The molecule has 1 atom stereocenters. The van der Waals surface area contributed by atoms with Crippen LogP contribution in [0.4, 0.5) is 16.2 Å². The topological polar surface area (TPSA) is 208 Å². The van der Waals surface area contributed by atoms with Crippen molar-refractivity contribution in [3.63, 3.8) is 0 Å². The molecule has 0 saturated carbocycles. The number of aryl methyl sites for hydroxylation is 1. The quantitative estimate of drug-likeness (QED) is 0.0851. The first-order chi connectivity index (χ1) is 29.5. The van der Waals surface area contributed by atoms with Crippen molar-refractivity contribution in [1.29, 1.82) is 0 Å². The van der Waals surface area contributed by atoms with Crippen LogP contribution in [-0.4, -0.2) is 103 Å². The summed E-state index contributed by atoms with van der Waals surface area (Å²) in [6, 6.07) is 18.9. The molecular formula is C46H73N9O6. The molecule has 2 aromatic carbocycles. The number of carbonyl (C=O) groups excluding carboxylic acids is 6. The molecule has 0 radical (unpaired) electrons. The third-order valence-corrected chi connectivity index (χ3v) is 8.62. The van der Waals surface area contributed by atoms with E-state index < -0.39 is 17.9 Å². The van der Waals surface area contributed by atoms with Crippen LogP contribution in [0.5, 0.6) is 0 Å². The Balaban J connectivity index is 0.00000135. The summed E-state index contributed by atoms with van der Waals surface area (Å²) < 4.78 is 0. The van der Waals surface area contributed by atoms with Crippen molar-refractivity contribution in [3.05, 3.63) is 89.7 Å². The Morgan fingerprint density at radius 1 is 0.836 bits per heavy atom. The summed E-state index contributed by atoms with van der Waals surface area (Å²) in [6.07, 6.45) is 8.58. The minimum Gasteiger partial charge on any atom is -0.347 e. The number of hydrogen-bond donors (Lipinski definition) is 6. The van der Waals surface area contributed by atoms with E-state index in [9.17, 15) is 28.8 Å². The van der Waals surface area contributed by atoms with Crippen molar-refractivity contribution >= 4 is 47.3 Å². The van der Waals surface area contributed by atoms with E-state index in [1.54, 1.807) is 42.3 Å². The smallest absolute Gasteiger partial charge is 0.323 e. The fourth-order valence-electron chi connectivity index (χ4n) is 5.54. The number of benzene rings is 2. The molecule has 15 heteroatoms. The molecule has 4 rings (SSSR count). The van der Waals surface area contributed by atoms with Crippen molar-refractivity contribution < 1.29 is 28.8 Å². The molecule has 15 nitrogen and oxygen atoms in total. The van der Waals surface area contributed by atoms with E-state index in [0.717, 1.165) is 56.3 Å². The van der Waals surface area contributed by atoms with Crippen molar-refractivity contribution in [2.75, 3.05) is 56.9 Å². The Bertz CT molecular complexity index is 1670. The number of aldehydes is 1. The average Bonchev–Trinajstić information content (AvgIpc) is 3.83. The number of hydrogen-bond acceptors (Lipinski definition) is 9. The zero-order chi connectivity index (χ0) is 45.8. The molecule has 1 fully saturated rings. The number of nitrogens with zero attached hydrogens (tertiary/aromatic N) is 3. The van der Waals surface area contributed by atoms with Gasteiger partial charge in [-0.1, -0.05) is 90.8 Å². The second-order valence-corrected chi connectivity index (χ2v) is 13.7. The predicted molar refractivity (Wildman–Crippen MR) is 246 cm³/mol. The largest absolute Gasteiger partial charge is 0.347 e. The third kappa shape index (κ3) is 24.9. The van der Waals surface area contributed by atoms with Crippen LogP contribution in [0.2, 0.25) is 0 Å². The second-order valence-electron chi connectivity index (χ2n) is 13.7. The predicted octanol–water partition coefficient (Wildman–Crippen LogP) is 5.83. The Labute approximate surface area is 364 Å². The SMILES string of the molecule is CC.CCC.CCC(NC(=O)CNC(=O)Cc1ccc(NC(=O)Nc2ccccc2C)cc1)C(=O)NCC(=O)N1CCCC1.CCCCN(CC=O)Cc1ccccn1.CN. The molecule has 1 unspecified atom stereocenters. The second kappa shape index (κ2) is 35.1. The zero-order valence-electron chi connectivity index (χ0n) is 37.9. The van der Waals surface area contributed by atoms with E-state index in [0.29, 0.717) is 43.0 Å². The molecule has 0 bridgehead atoms. The molecule has 1 saturated heterocycles. The molecule has 1 aliphatic rings. The lowest BCUT2D eigenvalue weighted by Gasteiger charge is -2.19. The molecule has 338 valence electrons. The molecule has 2 heterocycles. The van der Waals surface area contributed by atoms with Crippen molar-refractivity contribution in [3.8, 4) is 0 Å². The average molecular weight is 848 g/mol. The van der Waals surface area contributed by atoms with Gasteiger partial charge < -0.3 is 42.0 Å². The lowest BCUT2D eigenvalue weighted by molar-refractivity contribution is -0.133. The van der Waals surface area contributed by atoms with Crippen LogP contribution in [0.1, 0.15) is 96.9 Å². The Kier molecular flexibility index (Phi) is 31.9. The highest BCUT2D eigenvalue weighted by Gasteiger charge is 2.22. The van der Waals surface area contributed by atoms with E-state index in [1.807, 2.05) is 63.2 Å². The van der Waals surface area contributed by atoms with E-state index >= 15 is 0 Å². The fraction of sp³-hybridized carbons (Fsp3) is 0.500. The summed E-state index contributed by atoms with van der Waals surface area (Å²) in [5.41, 5.74) is 8.45. The highest BCUT2D eigenvalue weighted by Crippen LogP contribution is 2.15. The van der Waals surface area contributed by atoms with Crippen molar-refractivity contribution in [1.82, 2.24) is 30.7 Å². The maximum absolute atomic E-state index is 12.4. The number of likely N-dealkylation sites (tertiary alicyclic amines) is 1. The molecule has 0 spiro atoms. The first kappa shape index (κ1) is 55.3. The first-order valence-corrected chi connectivity index (χ1v) is 21.5. The number of nitrogens with two attached hydrogens (primary N) is 1. The number of carbonyl (C=O) groups is 6. The molecule has 6 amide bonds. The number of para-hydroxylation sites is 1. The first-order valence-electron chi connectivity index (χ1n) is 21.5. The van der Waals surface area contributed by atoms with Gasteiger partial charge in [0.25, 0.3) is 0 Å². The molecule has 0 aliphatic carbocycles. The Morgan fingerprint density at radius 3 is 2.05 bits per heavy atom. The maximum atomic E-state index is 12.4. The zero-order valence-corrected chi connectivity index (χ0v) is 37.9. The van der Waals surface area contributed by atoms with Crippen LogP contribution in [-0.2, 0) is 36.9 Å². The number of anilines is 2. The maximum Gasteiger partial charge on any atom is 0.323 e. The van der Waals surface area contributed by atoms with Gasteiger partial charge in [-0.25, -0.2) is 4.79 Å². The van der Waals surface area contributed by atoms with Gasteiger partial charge in [0, 0.05) is 37.2 Å². The number of unbranched alkanes of at least 4 members (excludes halogenated alkanes) is 1. The summed E-state index contributed by atoms with van der Waals surface area (Å²) in [5.74, 6) is -1.44. The summed E-state index contributed by atoms with van der Waals surface area (Å²) >= 11 is 0. The monoisotopic (exact) mass is 848 g/mol. The summed E-state index contributed by atoms with van der Waals surface area (Å²) in [5, 5.41) is 13.2. The van der Waals surface area contributed by atoms with E-state index in [4.69, 9.17) is 0 Å². The molecule has 3 aromatic rings. The Morgan fingerprint density at radius 2 is 1.48 bits per heavy atom. The van der Waals surface area contributed by atoms with Gasteiger partial charge in [-0.2, -0.15) is 0 Å². The molecule has 1 aliphatic heterocycles. The lowest BCUT2D eigenvalue weighted by Crippen LogP contribution is -2.51. The number of amides is 6. The van der Waals surface area contributed by atoms with Gasteiger partial charge in [0.2, 0.25) is 23.6 Å². The van der Waals surface area contributed by atoms with Crippen LogP contribution in [0.15, 0.2) is 72.9 Å². The van der Waals surface area contributed by atoms with Gasteiger partial charge in [0.15, 0.2) is 0 Å². The fourth-order valence-corrected chi connectivity index (χ4v) is 5.54. The summed E-state index contributed by atoms with van der Waals surface area (Å²) in [6.45, 7) is 17.3. The van der Waals surface area contributed by atoms with Crippen molar-refractivity contribution in [2.24, 2.45) is 5.73 Å². The van der Waals surface area contributed by atoms with Gasteiger partial charge in [-0.3, -0.25) is 29.1 Å².